The quantitative estimate of drug-likeness (QED) is 0.226. The van der Waals surface area contributed by atoms with E-state index in [4.69, 9.17) is 44.9 Å². The van der Waals surface area contributed by atoms with Gasteiger partial charge in [-0.3, -0.25) is 9.69 Å². The molecule has 8 heteroatoms. The Kier molecular flexibility index (Phi) is 8.06. The summed E-state index contributed by atoms with van der Waals surface area (Å²) in [4.78, 5) is 15.1. The van der Waals surface area contributed by atoms with Gasteiger partial charge in [-0.2, -0.15) is 0 Å². The summed E-state index contributed by atoms with van der Waals surface area (Å²) in [6.45, 7) is 8.69. The third-order valence-electron chi connectivity index (χ3n) is 4.36. The van der Waals surface area contributed by atoms with Crippen LogP contribution in [0.5, 0.6) is 11.5 Å². The number of allylic oxidation sites excluding steroid dienone is 1. The molecule has 0 bridgehead atoms. The van der Waals surface area contributed by atoms with Crippen molar-refractivity contribution in [3.05, 3.63) is 69.1 Å². The Hall–Kier alpha value is -1.99. The highest BCUT2D eigenvalue weighted by molar-refractivity contribution is 8.27. The number of thiocarbonyl (C=S) groups is 1. The third-order valence-corrected chi connectivity index (χ3v) is 6.40. The molecule has 0 spiro atoms. The van der Waals surface area contributed by atoms with Crippen molar-refractivity contribution in [2.24, 2.45) is 0 Å². The molecule has 2 aromatic rings. The number of nitrogens with zero attached hydrogens (tertiary/aromatic N) is 1. The zero-order valence-corrected chi connectivity index (χ0v) is 20.3. The Labute approximate surface area is 201 Å². The number of amides is 1. The zero-order valence-electron chi connectivity index (χ0n) is 17.1. The van der Waals surface area contributed by atoms with Gasteiger partial charge < -0.3 is 9.47 Å². The van der Waals surface area contributed by atoms with E-state index in [9.17, 15) is 4.79 Å². The number of anilines is 1. The molecule has 1 saturated heterocycles. The molecule has 1 heterocycles. The van der Waals surface area contributed by atoms with Gasteiger partial charge in [-0.25, -0.2) is 0 Å². The zero-order chi connectivity index (χ0) is 22.5. The fraction of sp³-hybridized carbons (Fsp3) is 0.217. The minimum absolute atomic E-state index is 0.217. The van der Waals surface area contributed by atoms with Crippen molar-refractivity contribution in [3.8, 4) is 11.5 Å². The number of thioether (sulfide) groups is 1. The van der Waals surface area contributed by atoms with Crippen LogP contribution in [0.2, 0.25) is 10.0 Å². The van der Waals surface area contributed by atoms with Gasteiger partial charge in [0, 0.05) is 5.56 Å². The number of rotatable bonds is 8. The molecule has 3 rings (SSSR count). The van der Waals surface area contributed by atoms with E-state index in [0.29, 0.717) is 56.1 Å². The maximum atomic E-state index is 13.1. The van der Waals surface area contributed by atoms with Crippen LogP contribution in [0.4, 0.5) is 5.69 Å². The summed E-state index contributed by atoms with van der Waals surface area (Å²) in [6, 6.07) is 8.83. The van der Waals surface area contributed by atoms with Crippen LogP contribution in [0.25, 0.3) is 6.08 Å². The van der Waals surface area contributed by atoms with Crippen LogP contribution in [0.3, 0.4) is 0 Å². The summed E-state index contributed by atoms with van der Waals surface area (Å²) in [5, 5.41) is 0.776. The first kappa shape index (κ1) is 23.7. The molecule has 2 aromatic carbocycles. The van der Waals surface area contributed by atoms with Crippen LogP contribution < -0.4 is 14.4 Å². The maximum Gasteiger partial charge on any atom is 0.270 e. The Morgan fingerprint density at radius 3 is 2.52 bits per heavy atom. The van der Waals surface area contributed by atoms with Crippen molar-refractivity contribution in [1.82, 2.24) is 0 Å². The van der Waals surface area contributed by atoms with Gasteiger partial charge in [0.2, 0.25) is 0 Å². The van der Waals surface area contributed by atoms with Crippen LogP contribution in [0.1, 0.15) is 25.0 Å². The van der Waals surface area contributed by atoms with E-state index in [1.807, 2.05) is 32.1 Å². The van der Waals surface area contributed by atoms with E-state index in [2.05, 4.69) is 6.58 Å². The van der Waals surface area contributed by atoms with Crippen molar-refractivity contribution in [1.29, 1.82) is 0 Å². The van der Waals surface area contributed by atoms with Gasteiger partial charge in [-0.05, 0) is 62.2 Å². The molecule has 0 N–H and O–H groups in total. The lowest BCUT2D eigenvalue weighted by molar-refractivity contribution is -0.113. The number of benzene rings is 2. The standard InChI is InChI=1S/C23H21Cl2NO3S2/c1-4-7-15-10-14(11-19(28-5-2)21(15)29-6-3)12-20-22(27)26(23(30)31-20)16-8-9-17(24)18(25)13-16/h4,8-13H,1,5-7H2,2-3H3/b20-12-. The Bertz CT molecular complexity index is 1070. The molecule has 0 radical (unpaired) electrons. The lowest BCUT2D eigenvalue weighted by Crippen LogP contribution is -2.27. The van der Waals surface area contributed by atoms with Crippen LogP contribution in [-0.2, 0) is 11.2 Å². The molecule has 1 aliphatic rings. The van der Waals surface area contributed by atoms with Gasteiger partial charge in [0.25, 0.3) is 5.91 Å². The van der Waals surface area contributed by atoms with Gasteiger partial charge >= 0.3 is 0 Å². The number of hydrogen-bond acceptors (Lipinski definition) is 5. The van der Waals surface area contributed by atoms with Crippen LogP contribution in [-0.4, -0.2) is 23.4 Å². The minimum Gasteiger partial charge on any atom is -0.490 e. The topological polar surface area (TPSA) is 38.8 Å². The predicted octanol–water partition coefficient (Wildman–Crippen LogP) is 6.93. The average Bonchev–Trinajstić information content (AvgIpc) is 3.00. The van der Waals surface area contributed by atoms with Gasteiger partial charge in [0.15, 0.2) is 15.8 Å². The molecule has 0 aliphatic carbocycles. The second-order valence-corrected chi connectivity index (χ2v) is 8.97. The van der Waals surface area contributed by atoms with Crippen LogP contribution >= 0.6 is 47.2 Å². The number of carbonyl (C=O) groups is 1. The van der Waals surface area contributed by atoms with Crippen molar-refractivity contribution in [2.75, 3.05) is 18.1 Å². The average molecular weight is 494 g/mol. The molecule has 31 heavy (non-hydrogen) atoms. The minimum atomic E-state index is -0.217. The first-order chi connectivity index (χ1) is 14.9. The van der Waals surface area contributed by atoms with Gasteiger partial charge in [-0.1, -0.05) is 53.3 Å². The SMILES string of the molecule is C=CCc1cc(/C=C2\SC(=S)N(c3ccc(Cl)c(Cl)c3)C2=O)cc(OCC)c1OCC. The van der Waals surface area contributed by atoms with Gasteiger partial charge in [0.05, 0.1) is 33.9 Å². The smallest absolute Gasteiger partial charge is 0.270 e. The highest BCUT2D eigenvalue weighted by atomic mass is 35.5. The summed E-state index contributed by atoms with van der Waals surface area (Å²) in [7, 11) is 0. The first-order valence-electron chi connectivity index (χ1n) is 9.66. The number of carbonyl (C=O) groups excluding carboxylic acids is 1. The third kappa shape index (κ3) is 5.26. The highest BCUT2D eigenvalue weighted by Gasteiger charge is 2.33. The second kappa shape index (κ2) is 10.6. The summed E-state index contributed by atoms with van der Waals surface area (Å²) in [5.74, 6) is 1.12. The van der Waals surface area contributed by atoms with E-state index < -0.39 is 0 Å². The molecular weight excluding hydrogens is 473 g/mol. The van der Waals surface area contributed by atoms with Crippen molar-refractivity contribution in [2.45, 2.75) is 20.3 Å². The number of hydrogen-bond donors (Lipinski definition) is 0. The van der Waals surface area contributed by atoms with Crippen molar-refractivity contribution in [3.63, 3.8) is 0 Å². The van der Waals surface area contributed by atoms with Crippen molar-refractivity contribution < 1.29 is 14.3 Å². The summed E-state index contributed by atoms with van der Waals surface area (Å²) in [6.07, 6.45) is 4.23. The molecule has 1 amide bonds. The Balaban J connectivity index is 2.00. The summed E-state index contributed by atoms with van der Waals surface area (Å²) < 4.78 is 12.0. The van der Waals surface area contributed by atoms with Crippen LogP contribution in [0.15, 0.2) is 47.9 Å². The van der Waals surface area contributed by atoms with E-state index >= 15 is 0 Å². The number of ether oxygens (including phenoxy) is 2. The van der Waals surface area contributed by atoms with Crippen molar-refractivity contribution >= 4 is 69.2 Å². The molecule has 1 aliphatic heterocycles. The molecule has 4 nitrogen and oxygen atoms in total. The largest absolute Gasteiger partial charge is 0.490 e. The lowest BCUT2D eigenvalue weighted by atomic mass is 10.0. The summed E-state index contributed by atoms with van der Waals surface area (Å²) >= 11 is 18.8. The second-order valence-electron chi connectivity index (χ2n) is 6.48. The molecule has 0 aromatic heterocycles. The Morgan fingerprint density at radius 2 is 1.87 bits per heavy atom. The molecular formula is C23H21Cl2NO3S2. The van der Waals surface area contributed by atoms with E-state index in [0.717, 1.165) is 11.1 Å². The fourth-order valence-electron chi connectivity index (χ4n) is 3.11. The van der Waals surface area contributed by atoms with Gasteiger partial charge in [0.1, 0.15) is 0 Å². The monoisotopic (exact) mass is 493 g/mol. The molecule has 0 atom stereocenters. The first-order valence-corrected chi connectivity index (χ1v) is 11.6. The molecule has 0 unspecified atom stereocenters. The maximum absolute atomic E-state index is 13.1. The van der Waals surface area contributed by atoms with E-state index in [-0.39, 0.29) is 5.91 Å². The van der Waals surface area contributed by atoms with Gasteiger partial charge in [-0.15, -0.1) is 6.58 Å². The van der Waals surface area contributed by atoms with E-state index in [1.165, 1.54) is 16.7 Å². The van der Waals surface area contributed by atoms with Crippen LogP contribution in [0, 0.1) is 0 Å². The Morgan fingerprint density at radius 1 is 1.13 bits per heavy atom. The molecule has 1 fully saturated rings. The summed E-state index contributed by atoms with van der Waals surface area (Å²) in [5.41, 5.74) is 2.33. The fourth-order valence-corrected chi connectivity index (χ4v) is 4.70. The predicted molar refractivity (Wildman–Crippen MR) is 135 cm³/mol. The normalized spacial score (nSPS) is 15.0. The van der Waals surface area contributed by atoms with E-state index in [1.54, 1.807) is 24.3 Å². The molecule has 162 valence electrons. The highest BCUT2D eigenvalue weighted by Crippen LogP contribution is 2.40. The lowest BCUT2D eigenvalue weighted by Gasteiger charge is -2.16. The number of halogens is 2. The molecule has 0 saturated carbocycles.